The lowest BCUT2D eigenvalue weighted by Gasteiger charge is -2.11. The number of rotatable bonds is 1. The largest absolute Gasteiger partial charge is 0.750 e. The van der Waals surface area contributed by atoms with Crippen molar-refractivity contribution < 1.29 is 12.9 Å². The molecule has 1 atom stereocenters. The first-order chi connectivity index (χ1) is 3.42. The molecule has 0 aliphatic carbocycles. The van der Waals surface area contributed by atoms with E-state index in [0.717, 1.165) is 0 Å². The lowest BCUT2D eigenvalue weighted by atomic mass is 11.7. The first-order valence-electron chi connectivity index (χ1n) is 1.27. The molecule has 0 aliphatic heterocycles. The summed E-state index contributed by atoms with van der Waals surface area (Å²) in [4.78, 5) is 0. The third kappa shape index (κ3) is 6.94. The summed E-state index contributed by atoms with van der Waals surface area (Å²) in [6.45, 7) is 0. The molecule has 0 saturated carbocycles. The molecule has 0 N–H and O–H groups in total. The van der Waals surface area contributed by atoms with Gasteiger partial charge in [0.2, 0.25) is 0 Å². The van der Waals surface area contributed by atoms with E-state index in [-0.39, 0.29) is 0 Å². The Hall–Kier alpha value is 0.940. The van der Waals surface area contributed by atoms with Gasteiger partial charge in [0.15, 0.2) is 0 Å². The highest BCUT2D eigenvalue weighted by Crippen LogP contribution is 2.27. The SMILES string of the molecule is O=S([O-])OC(Cl)(Cl)Cl. The second kappa shape index (κ2) is 3.20. The normalized spacial score (nSPS) is 16.0. The maximum atomic E-state index is 9.54. The van der Waals surface area contributed by atoms with Crippen molar-refractivity contribution in [3.63, 3.8) is 0 Å². The fourth-order valence-electron chi connectivity index (χ4n) is 0.0772. The molecule has 0 heterocycles. The molecule has 0 radical (unpaired) electrons. The summed E-state index contributed by atoms with van der Waals surface area (Å²) in [5.41, 5.74) is 0. The fraction of sp³-hybridized carbons (Fsp3) is 1.00. The molecule has 1 unspecified atom stereocenters. The van der Waals surface area contributed by atoms with Crippen molar-refractivity contribution in [2.75, 3.05) is 0 Å². The smallest absolute Gasteiger partial charge is 0.309 e. The maximum absolute atomic E-state index is 9.54. The molecule has 0 spiro atoms. The van der Waals surface area contributed by atoms with Gasteiger partial charge >= 0.3 is 3.98 Å². The second-order valence-corrected chi connectivity index (χ2v) is 3.49. The molecule has 3 nitrogen and oxygen atoms in total. The summed E-state index contributed by atoms with van der Waals surface area (Å²) in [6.07, 6.45) is 0. The molecule has 0 saturated heterocycles. The molecule has 7 heteroatoms. The Morgan fingerprint density at radius 3 is 1.88 bits per heavy atom. The third-order valence-electron chi connectivity index (χ3n) is 0.163. The Morgan fingerprint density at radius 1 is 1.50 bits per heavy atom. The Morgan fingerprint density at radius 2 is 1.88 bits per heavy atom. The van der Waals surface area contributed by atoms with Crippen LogP contribution < -0.4 is 0 Å². The standard InChI is InChI=1S/CHCl3O3S/c2-1(3,4)7-8(5)6/h(H,5,6)/p-1. The van der Waals surface area contributed by atoms with Gasteiger partial charge in [0.1, 0.15) is 0 Å². The lowest BCUT2D eigenvalue weighted by Crippen LogP contribution is -2.10. The van der Waals surface area contributed by atoms with E-state index < -0.39 is 15.3 Å². The van der Waals surface area contributed by atoms with Crippen molar-refractivity contribution in [2.24, 2.45) is 0 Å². The summed E-state index contributed by atoms with van der Waals surface area (Å²) in [6, 6.07) is 0. The van der Waals surface area contributed by atoms with Gasteiger partial charge < -0.3 is 4.55 Å². The van der Waals surface area contributed by atoms with E-state index in [4.69, 9.17) is 34.8 Å². The Bertz CT molecular complexity index is 97.2. The summed E-state index contributed by atoms with van der Waals surface area (Å²) >= 11 is 11.8. The predicted molar refractivity (Wildman–Crippen MR) is 30.3 cm³/mol. The molecule has 0 aliphatic rings. The van der Waals surface area contributed by atoms with Crippen molar-refractivity contribution in [1.29, 1.82) is 0 Å². The summed E-state index contributed by atoms with van der Waals surface area (Å²) in [5, 5.41) is 0. The van der Waals surface area contributed by atoms with Crippen LogP contribution in [0.1, 0.15) is 0 Å². The fourth-order valence-corrected chi connectivity index (χ4v) is 0.694. The predicted octanol–water partition coefficient (Wildman–Crippen LogP) is 1.12. The van der Waals surface area contributed by atoms with E-state index in [2.05, 4.69) is 4.18 Å². The molecule has 0 amide bonds. The highest BCUT2D eigenvalue weighted by Gasteiger charge is 2.20. The van der Waals surface area contributed by atoms with Gasteiger partial charge in [-0.3, -0.25) is 0 Å². The quantitative estimate of drug-likeness (QED) is 0.469. The number of halogens is 3. The van der Waals surface area contributed by atoms with Crippen LogP contribution in [-0.2, 0) is 15.5 Å². The highest BCUT2D eigenvalue weighted by atomic mass is 35.6. The van der Waals surface area contributed by atoms with Gasteiger partial charge in [-0.1, -0.05) is 34.8 Å². The van der Waals surface area contributed by atoms with Crippen LogP contribution in [0.25, 0.3) is 0 Å². The minimum absolute atomic E-state index is 2.17. The van der Waals surface area contributed by atoms with E-state index in [1.165, 1.54) is 0 Å². The van der Waals surface area contributed by atoms with Crippen LogP contribution in [0.3, 0.4) is 0 Å². The third-order valence-corrected chi connectivity index (χ3v) is 1.05. The van der Waals surface area contributed by atoms with Crippen LogP contribution in [0, 0.1) is 0 Å². The van der Waals surface area contributed by atoms with Crippen LogP contribution in [0.4, 0.5) is 0 Å². The van der Waals surface area contributed by atoms with Crippen LogP contribution in [0.15, 0.2) is 0 Å². The zero-order chi connectivity index (χ0) is 6.78. The monoisotopic (exact) mass is 197 g/mol. The van der Waals surface area contributed by atoms with E-state index in [0.29, 0.717) is 0 Å². The Balaban J connectivity index is 3.55. The summed E-state index contributed by atoms with van der Waals surface area (Å²) in [5.74, 6) is 0. The van der Waals surface area contributed by atoms with Crippen LogP contribution in [0.2, 0.25) is 0 Å². The van der Waals surface area contributed by atoms with Gasteiger partial charge in [0, 0.05) is 0 Å². The minimum Gasteiger partial charge on any atom is -0.750 e. The van der Waals surface area contributed by atoms with Gasteiger partial charge in [-0.15, -0.1) is 0 Å². The molecule has 8 heavy (non-hydrogen) atoms. The zero-order valence-electron chi connectivity index (χ0n) is 3.27. The molecule has 0 aromatic rings. The van der Waals surface area contributed by atoms with Crippen molar-refractivity contribution in [3.05, 3.63) is 0 Å². The lowest BCUT2D eigenvalue weighted by molar-refractivity contribution is 0.302. The van der Waals surface area contributed by atoms with Gasteiger partial charge in [-0.05, 0) is 0 Å². The molecular weight excluding hydrogens is 198 g/mol. The summed E-state index contributed by atoms with van der Waals surface area (Å²) in [7, 11) is 0. The second-order valence-electron chi connectivity index (χ2n) is 0.733. The minimum atomic E-state index is -2.78. The van der Waals surface area contributed by atoms with Crippen LogP contribution >= 0.6 is 34.8 Å². The zero-order valence-corrected chi connectivity index (χ0v) is 6.35. The van der Waals surface area contributed by atoms with Crippen molar-refractivity contribution in [2.45, 2.75) is 3.98 Å². The summed E-state index contributed by atoms with van der Waals surface area (Å²) < 4.78 is 20.6. The van der Waals surface area contributed by atoms with Gasteiger partial charge in [-0.25, -0.2) is 8.39 Å². The maximum Gasteiger partial charge on any atom is 0.309 e. The van der Waals surface area contributed by atoms with Crippen LogP contribution in [0.5, 0.6) is 0 Å². The molecule has 0 fully saturated rings. The van der Waals surface area contributed by atoms with Gasteiger partial charge in [-0.2, -0.15) is 0 Å². The molecule has 0 rings (SSSR count). The van der Waals surface area contributed by atoms with Gasteiger partial charge in [0.25, 0.3) is 0 Å². The highest BCUT2D eigenvalue weighted by molar-refractivity contribution is 7.74. The van der Waals surface area contributed by atoms with Crippen molar-refractivity contribution in [3.8, 4) is 0 Å². The van der Waals surface area contributed by atoms with E-state index in [1.54, 1.807) is 0 Å². The molecule has 50 valence electrons. The van der Waals surface area contributed by atoms with Crippen LogP contribution in [-0.4, -0.2) is 12.7 Å². The topological polar surface area (TPSA) is 49.4 Å². The van der Waals surface area contributed by atoms with E-state index in [9.17, 15) is 8.76 Å². The Labute approximate surface area is 63.3 Å². The first-order valence-corrected chi connectivity index (χ1v) is 3.40. The molecule has 0 aromatic heterocycles. The molecule has 0 aromatic carbocycles. The molecule has 0 bridgehead atoms. The number of alkyl halides is 3. The van der Waals surface area contributed by atoms with Gasteiger partial charge in [0.05, 0.1) is 11.4 Å². The van der Waals surface area contributed by atoms with Crippen molar-refractivity contribution in [1.82, 2.24) is 0 Å². The Kier molecular flexibility index (Phi) is 3.57. The average molecular weight is 198 g/mol. The number of hydrogen-bond donors (Lipinski definition) is 0. The number of hydrogen-bond acceptors (Lipinski definition) is 3. The van der Waals surface area contributed by atoms with E-state index >= 15 is 0 Å². The molecular formula is CCl3O3S-. The average Bonchev–Trinajstić information content (AvgIpc) is 1.21. The van der Waals surface area contributed by atoms with Crippen molar-refractivity contribution >= 4 is 46.2 Å². The van der Waals surface area contributed by atoms with E-state index in [1.807, 2.05) is 0 Å². The first kappa shape index (κ1) is 8.94.